The Kier molecular flexibility index (Phi) is 11.8. The number of cyclic esters (lactones) is 2. The van der Waals surface area contributed by atoms with E-state index in [0.29, 0.717) is 17.7 Å². The highest BCUT2D eigenvalue weighted by atomic mass is 19.4. The molecule has 1 fully saturated rings. The molecule has 0 aliphatic carbocycles. The number of ether oxygens (including phenoxy) is 5. The molecule has 12 nitrogen and oxygen atoms in total. The number of esters is 4. The van der Waals surface area contributed by atoms with Gasteiger partial charge >= 0.3 is 30.1 Å². The predicted molar refractivity (Wildman–Crippen MR) is 163 cm³/mol. The highest BCUT2D eigenvalue weighted by Crippen LogP contribution is 2.35. The van der Waals surface area contributed by atoms with Crippen molar-refractivity contribution in [2.75, 3.05) is 13.7 Å². The normalized spacial score (nSPS) is 19.6. The van der Waals surface area contributed by atoms with E-state index < -0.39 is 101 Å². The molecule has 1 saturated heterocycles. The number of nitrogens with zero attached hydrogens (tertiary/aromatic N) is 1. The molecular weight excluding hydrogens is 672 g/mol. The van der Waals surface area contributed by atoms with Crippen molar-refractivity contribution in [1.29, 1.82) is 0 Å². The summed E-state index contributed by atoms with van der Waals surface area (Å²) < 4.78 is 81.3. The topological polar surface area (TPSA) is 156 Å². The number of rotatable bonds is 9. The van der Waals surface area contributed by atoms with Crippen LogP contribution in [-0.4, -0.2) is 66.7 Å². The monoisotopic (exact) mass is 704 g/mol. The highest BCUT2D eigenvalue weighted by Gasteiger charge is 2.43. The third kappa shape index (κ3) is 8.92. The number of hydrogen-bond donors (Lipinski definition) is 1. The molecule has 16 heteroatoms. The molecule has 2 aromatic carbocycles. The van der Waals surface area contributed by atoms with E-state index in [9.17, 15) is 41.5 Å². The molecule has 0 spiro atoms. The number of amides is 1. The lowest BCUT2D eigenvalue weighted by atomic mass is 9.91. The molecule has 0 bridgehead atoms. The first-order valence-electron chi connectivity index (χ1n) is 15.1. The van der Waals surface area contributed by atoms with Crippen LogP contribution in [0.1, 0.15) is 52.7 Å². The van der Waals surface area contributed by atoms with Crippen LogP contribution in [0.2, 0.25) is 0 Å². The van der Waals surface area contributed by atoms with Crippen molar-refractivity contribution < 1.29 is 65.2 Å². The minimum Gasteiger partial charge on any atom is -0.493 e. The van der Waals surface area contributed by atoms with Gasteiger partial charge in [-0.15, -0.1) is 0 Å². The second-order valence-corrected chi connectivity index (χ2v) is 11.4. The Hall–Kier alpha value is -5.54. The predicted octanol–water partition coefficient (Wildman–Crippen LogP) is 4.48. The molecule has 1 aliphatic rings. The zero-order valence-corrected chi connectivity index (χ0v) is 27.1. The smallest absolute Gasteiger partial charge is 0.417 e. The first kappa shape index (κ1) is 37.3. The van der Waals surface area contributed by atoms with Gasteiger partial charge in [0.25, 0.3) is 5.91 Å². The van der Waals surface area contributed by atoms with Crippen molar-refractivity contribution >= 4 is 29.8 Å². The SMILES string of the molecule is COc1ccnc(C(=O)N[C@H]2COC(=O)[C@H](Cc3ccccc3)[C@@H](OC(=O)C(C)C)[C@H](C)OC2=O)c1OC(=O)c1ccc(F)cc1C(F)(F)F. The maximum atomic E-state index is 13.6. The second kappa shape index (κ2) is 15.8. The number of aromatic nitrogens is 1. The largest absolute Gasteiger partial charge is 0.493 e. The maximum absolute atomic E-state index is 13.6. The van der Waals surface area contributed by atoms with E-state index in [1.807, 2.05) is 0 Å². The van der Waals surface area contributed by atoms with Gasteiger partial charge in [0, 0.05) is 12.3 Å². The van der Waals surface area contributed by atoms with Crippen molar-refractivity contribution in [3.8, 4) is 11.5 Å². The third-order valence-electron chi connectivity index (χ3n) is 7.47. The Morgan fingerprint density at radius 3 is 2.38 bits per heavy atom. The number of nitrogens with one attached hydrogen (secondary N) is 1. The molecule has 4 rings (SSSR count). The molecule has 3 aromatic rings. The van der Waals surface area contributed by atoms with Gasteiger partial charge in [-0.1, -0.05) is 44.2 Å². The molecule has 0 saturated carbocycles. The lowest BCUT2D eigenvalue weighted by Crippen LogP contribution is -2.47. The summed E-state index contributed by atoms with van der Waals surface area (Å²) in [6.07, 6.45) is -6.55. The van der Waals surface area contributed by atoms with Crippen molar-refractivity contribution in [3.63, 3.8) is 0 Å². The van der Waals surface area contributed by atoms with E-state index in [-0.39, 0.29) is 18.2 Å². The van der Waals surface area contributed by atoms with Gasteiger partial charge in [-0.25, -0.2) is 19.0 Å². The molecule has 1 N–H and O–H groups in total. The van der Waals surface area contributed by atoms with E-state index in [2.05, 4.69) is 10.3 Å². The number of methoxy groups -OCH3 is 1. The van der Waals surface area contributed by atoms with Crippen LogP contribution in [0.3, 0.4) is 0 Å². The molecule has 0 radical (unpaired) electrons. The maximum Gasteiger partial charge on any atom is 0.417 e. The number of halogens is 4. The van der Waals surface area contributed by atoms with Crippen molar-refractivity contribution in [3.05, 3.63) is 89.0 Å². The lowest BCUT2D eigenvalue weighted by Gasteiger charge is -2.29. The van der Waals surface area contributed by atoms with Crippen LogP contribution in [0.5, 0.6) is 11.5 Å². The summed E-state index contributed by atoms with van der Waals surface area (Å²) in [6.45, 7) is 3.81. The van der Waals surface area contributed by atoms with Crippen LogP contribution in [0, 0.1) is 17.7 Å². The van der Waals surface area contributed by atoms with E-state index in [0.717, 1.165) is 19.4 Å². The van der Waals surface area contributed by atoms with Crippen LogP contribution in [0.25, 0.3) is 0 Å². The van der Waals surface area contributed by atoms with Crippen LogP contribution in [0.4, 0.5) is 17.6 Å². The zero-order chi connectivity index (χ0) is 36.7. The number of hydrogen-bond acceptors (Lipinski definition) is 11. The fourth-order valence-corrected chi connectivity index (χ4v) is 4.91. The first-order valence-corrected chi connectivity index (χ1v) is 15.1. The Morgan fingerprint density at radius 2 is 1.74 bits per heavy atom. The van der Waals surface area contributed by atoms with Gasteiger partial charge in [0.15, 0.2) is 23.6 Å². The fourth-order valence-electron chi connectivity index (χ4n) is 4.91. The Labute approximate surface area is 283 Å². The average molecular weight is 705 g/mol. The molecule has 2 heterocycles. The minimum atomic E-state index is -5.15. The summed E-state index contributed by atoms with van der Waals surface area (Å²) >= 11 is 0. The molecule has 50 heavy (non-hydrogen) atoms. The number of carbonyl (C=O) groups excluding carboxylic acids is 5. The molecule has 266 valence electrons. The molecule has 4 atom stereocenters. The van der Waals surface area contributed by atoms with Gasteiger partial charge in [0.05, 0.1) is 24.2 Å². The average Bonchev–Trinajstić information content (AvgIpc) is 3.10. The van der Waals surface area contributed by atoms with Crippen molar-refractivity contribution in [2.24, 2.45) is 11.8 Å². The van der Waals surface area contributed by atoms with Crippen LogP contribution < -0.4 is 14.8 Å². The van der Waals surface area contributed by atoms with Gasteiger partial charge in [0.1, 0.15) is 24.4 Å². The zero-order valence-electron chi connectivity index (χ0n) is 27.1. The molecule has 1 amide bonds. The Balaban J connectivity index is 1.62. The number of alkyl halides is 3. The second-order valence-electron chi connectivity index (χ2n) is 11.4. The quantitative estimate of drug-likeness (QED) is 0.190. The van der Waals surface area contributed by atoms with Crippen LogP contribution >= 0.6 is 0 Å². The highest BCUT2D eigenvalue weighted by molar-refractivity contribution is 6.00. The summed E-state index contributed by atoms with van der Waals surface area (Å²) in [5, 5.41) is 2.27. The lowest BCUT2D eigenvalue weighted by molar-refractivity contribution is -0.176. The van der Waals surface area contributed by atoms with E-state index in [1.165, 1.54) is 6.92 Å². The van der Waals surface area contributed by atoms with Crippen LogP contribution in [0.15, 0.2) is 60.8 Å². The first-order chi connectivity index (χ1) is 23.6. The summed E-state index contributed by atoms with van der Waals surface area (Å²) in [5.74, 6) is -9.51. The number of pyridine rings is 1. The van der Waals surface area contributed by atoms with Gasteiger partial charge in [-0.3, -0.25) is 14.4 Å². The number of benzene rings is 2. The van der Waals surface area contributed by atoms with Gasteiger partial charge in [-0.2, -0.15) is 13.2 Å². The summed E-state index contributed by atoms with van der Waals surface area (Å²) in [5.41, 5.74) is -2.73. The Bertz CT molecular complexity index is 1750. The van der Waals surface area contributed by atoms with Crippen molar-refractivity contribution in [2.45, 2.75) is 51.6 Å². The fraction of sp³-hybridized carbons (Fsp3) is 0.353. The number of carbonyl (C=O) groups is 5. The van der Waals surface area contributed by atoms with Gasteiger partial charge in [-0.05, 0) is 37.1 Å². The summed E-state index contributed by atoms with van der Waals surface area (Å²) in [4.78, 5) is 69.7. The summed E-state index contributed by atoms with van der Waals surface area (Å²) in [7, 11) is 1.11. The molecule has 0 unspecified atom stereocenters. The van der Waals surface area contributed by atoms with Crippen molar-refractivity contribution in [1.82, 2.24) is 10.3 Å². The minimum absolute atomic E-state index is 0.0429. The third-order valence-corrected chi connectivity index (χ3v) is 7.47. The standard InChI is InChI=1S/C34H32F4N2O10/c1-17(2)30(42)49-27-18(3)48-33(45)24(16-47-31(43)22(27)14-19-8-6-5-7-9-19)40-29(41)26-28(25(46-4)12-13-39-26)50-32(44)21-11-10-20(35)15-23(21)34(36,37)38/h5-13,15,17-18,22,24,27H,14,16H2,1-4H3,(H,40,41)/t18-,22+,24-,27-/m0/s1. The van der Waals surface area contributed by atoms with Gasteiger partial charge in [0.2, 0.25) is 5.75 Å². The van der Waals surface area contributed by atoms with Crippen LogP contribution in [-0.2, 0) is 41.2 Å². The van der Waals surface area contributed by atoms with Gasteiger partial charge < -0.3 is 29.0 Å². The summed E-state index contributed by atoms with van der Waals surface area (Å²) in [6, 6.07) is 9.47. The molecular formula is C34H32F4N2O10. The Morgan fingerprint density at radius 1 is 1.04 bits per heavy atom. The van der Waals surface area contributed by atoms with E-state index >= 15 is 0 Å². The molecule has 1 aliphatic heterocycles. The van der Waals surface area contributed by atoms with E-state index in [1.54, 1.807) is 44.2 Å². The molecule has 1 aromatic heterocycles. The van der Waals surface area contributed by atoms with E-state index in [4.69, 9.17) is 23.7 Å².